The molecule has 0 spiro atoms. The zero-order chi connectivity index (χ0) is 21.7. The molecule has 0 saturated carbocycles. The van der Waals surface area contributed by atoms with E-state index in [-0.39, 0.29) is 29.2 Å². The SMILES string of the molecule is CCOC(=O)c1[nH]nc(C(=O)C(C)C(C)OC(C)=O)c1-c1ccc([N+](=O)[O-])cc1. The lowest BCUT2D eigenvalue weighted by Gasteiger charge is -2.18. The Kier molecular flexibility index (Phi) is 6.81. The molecular weight excluding hydrogens is 382 g/mol. The van der Waals surface area contributed by atoms with E-state index in [1.807, 2.05) is 0 Å². The number of aromatic nitrogens is 2. The van der Waals surface area contributed by atoms with Gasteiger partial charge in [0.1, 0.15) is 11.8 Å². The van der Waals surface area contributed by atoms with Gasteiger partial charge in [-0.25, -0.2) is 4.79 Å². The molecule has 1 aromatic heterocycles. The van der Waals surface area contributed by atoms with Crippen LogP contribution in [0.1, 0.15) is 48.7 Å². The van der Waals surface area contributed by atoms with Gasteiger partial charge in [-0.3, -0.25) is 24.8 Å². The third kappa shape index (κ3) is 4.84. The Morgan fingerprint density at radius 2 is 1.83 bits per heavy atom. The molecular formula is C19H21N3O7. The standard InChI is InChI=1S/C19H21N3O7/c1-5-28-19(25)17-15(13-6-8-14(9-7-13)22(26)27)16(20-21-17)18(24)10(2)11(3)29-12(4)23/h6-11H,5H2,1-4H3,(H,20,21). The van der Waals surface area contributed by atoms with Crippen LogP contribution < -0.4 is 0 Å². The van der Waals surface area contributed by atoms with Crippen molar-refractivity contribution in [1.29, 1.82) is 0 Å². The van der Waals surface area contributed by atoms with Gasteiger partial charge in [0, 0.05) is 24.6 Å². The number of carbonyl (C=O) groups is 3. The van der Waals surface area contributed by atoms with Gasteiger partial charge in [0.15, 0.2) is 11.5 Å². The molecule has 1 aromatic carbocycles. The van der Waals surface area contributed by atoms with E-state index in [4.69, 9.17) is 9.47 Å². The Labute approximate surface area is 166 Å². The highest BCUT2D eigenvalue weighted by molar-refractivity contribution is 6.07. The van der Waals surface area contributed by atoms with Crippen LogP contribution in [0.4, 0.5) is 5.69 Å². The van der Waals surface area contributed by atoms with Gasteiger partial charge in [-0.1, -0.05) is 6.92 Å². The Morgan fingerprint density at radius 3 is 2.34 bits per heavy atom. The van der Waals surface area contributed by atoms with E-state index in [9.17, 15) is 24.5 Å². The fourth-order valence-corrected chi connectivity index (χ4v) is 2.69. The molecule has 10 heteroatoms. The second-order valence-electron chi connectivity index (χ2n) is 6.31. The van der Waals surface area contributed by atoms with Crippen LogP contribution in [-0.2, 0) is 14.3 Å². The second kappa shape index (κ2) is 9.09. The van der Waals surface area contributed by atoms with Crippen molar-refractivity contribution < 1.29 is 28.8 Å². The lowest BCUT2D eigenvalue weighted by molar-refractivity contribution is -0.384. The maximum atomic E-state index is 13.0. The van der Waals surface area contributed by atoms with Crippen LogP contribution in [0.15, 0.2) is 24.3 Å². The molecule has 0 aliphatic rings. The monoisotopic (exact) mass is 403 g/mol. The summed E-state index contributed by atoms with van der Waals surface area (Å²) in [5, 5.41) is 17.4. The molecule has 1 heterocycles. The first-order valence-electron chi connectivity index (χ1n) is 8.89. The molecule has 2 unspecified atom stereocenters. The summed E-state index contributed by atoms with van der Waals surface area (Å²) in [6, 6.07) is 5.36. The van der Waals surface area contributed by atoms with E-state index in [1.54, 1.807) is 20.8 Å². The van der Waals surface area contributed by atoms with Gasteiger partial charge < -0.3 is 9.47 Å². The van der Waals surface area contributed by atoms with Gasteiger partial charge in [0.25, 0.3) is 5.69 Å². The summed E-state index contributed by atoms with van der Waals surface area (Å²) >= 11 is 0. The van der Waals surface area contributed by atoms with E-state index >= 15 is 0 Å². The molecule has 0 radical (unpaired) electrons. The van der Waals surface area contributed by atoms with Gasteiger partial charge in [-0.05, 0) is 31.5 Å². The van der Waals surface area contributed by atoms with Gasteiger partial charge in [-0.15, -0.1) is 0 Å². The number of ether oxygens (including phenoxy) is 2. The number of non-ortho nitro benzene ring substituents is 1. The fourth-order valence-electron chi connectivity index (χ4n) is 2.69. The van der Waals surface area contributed by atoms with E-state index in [0.717, 1.165) is 0 Å². The number of aromatic amines is 1. The molecule has 0 fully saturated rings. The van der Waals surface area contributed by atoms with Crippen molar-refractivity contribution in [3.8, 4) is 11.1 Å². The van der Waals surface area contributed by atoms with E-state index < -0.39 is 34.7 Å². The summed E-state index contributed by atoms with van der Waals surface area (Å²) < 4.78 is 10.1. The van der Waals surface area contributed by atoms with Crippen LogP contribution in [0.3, 0.4) is 0 Å². The summed E-state index contributed by atoms with van der Waals surface area (Å²) in [6.45, 7) is 6.14. The lowest BCUT2D eigenvalue weighted by Crippen LogP contribution is -2.28. The number of nitrogens with zero attached hydrogens (tertiary/aromatic N) is 2. The third-order valence-electron chi connectivity index (χ3n) is 4.32. The van der Waals surface area contributed by atoms with E-state index in [2.05, 4.69) is 10.2 Å². The van der Waals surface area contributed by atoms with Crippen LogP contribution in [0.25, 0.3) is 11.1 Å². The van der Waals surface area contributed by atoms with Gasteiger partial charge in [0.2, 0.25) is 0 Å². The molecule has 0 bridgehead atoms. The van der Waals surface area contributed by atoms with Gasteiger partial charge in [0.05, 0.1) is 17.4 Å². The summed E-state index contributed by atoms with van der Waals surface area (Å²) in [6.07, 6.45) is -0.715. The zero-order valence-corrected chi connectivity index (χ0v) is 16.4. The fraction of sp³-hybridized carbons (Fsp3) is 0.368. The van der Waals surface area contributed by atoms with Gasteiger partial charge >= 0.3 is 11.9 Å². The molecule has 154 valence electrons. The zero-order valence-electron chi connectivity index (χ0n) is 16.4. The highest BCUT2D eigenvalue weighted by Gasteiger charge is 2.31. The minimum atomic E-state index is -0.742. The number of nitrogens with one attached hydrogen (secondary N) is 1. The Bertz CT molecular complexity index is 934. The molecule has 0 aliphatic heterocycles. The number of ketones is 1. The van der Waals surface area contributed by atoms with Crippen molar-refractivity contribution in [2.24, 2.45) is 5.92 Å². The molecule has 0 saturated heterocycles. The first-order chi connectivity index (χ1) is 13.7. The number of nitro groups is 1. The van der Waals surface area contributed by atoms with E-state index in [0.29, 0.717) is 5.56 Å². The van der Waals surface area contributed by atoms with E-state index in [1.165, 1.54) is 31.2 Å². The molecule has 1 N–H and O–H groups in total. The third-order valence-corrected chi connectivity index (χ3v) is 4.32. The van der Waals surface area contributed by atoms with Crippen molar-refractivity contribution in [3.05, 3.63) is 45.8 Å². The first kappa shape index (κ1) is 21.7. The Balaban J connectivity index is 2.52. The largest absolute Gasteiger partial charge is 0.462 e. The highest BCUT2D eigenvalue weighted by Crippen LogP contribution is 2.30. The predicted molar refractivity (Wildman–Crippen MR) is 101 cm³/mol. The molecule has 0 amide bonds. The minimum absolute atomic E-state index is 0.0450. The molecule has 10 nitrogen and oxygen atoms in total. The number of benzene rings is 1. The molecule has 2 atom stereocenters. The van der Waals surface area contributed by atoms with Crippen LogP contribution >= 0.6 is 0 Å². The first-order valence-corrected chi connectivity index (χ1v) is 8.89. The van der Waals surface area contributed by atoms with Crippen molar-refractivity contribution in [1.82, 2.24) is 10.2 Å². The number of rotatable bonds is 8. The van der Waals surface area contributed by atoms with Crippen LogP contribution in [0.5, 0.6) is 0 Å². The number of hydrogen-bond acceptors (Lipinski definition) is 8. The quantitative estimate of drug-likeness (QED) is 0.307. The highest BCUT2D eigenvalue weighted by atomic mass is 16.6. The average Bonchev–Trinajstić information content (AvgIpc) is 3.11. The summed E-state index contributed by atoms with van der Waals surface area (Å²) in [5.41, 5.74) is 0.317. The van der Waals surface area contributed by atoms with Crippen molar-refractivity contribution in [3.63, 3.8) is 0 Å². The number of esters is 2. The predicted octanol–water partition coefficient (Wildman–Crippen LogP) is 2.93. The molecule has 0 aliphatic carbocycles. The average molecular weight is 403 g/mol. The number of nitro benzene ring substituents is 1. The maximum absolute atomic E-state index is 13.0. The summed E-state index contributed by atoms with van der Waals surface area (Å²) in [4.78, 5) is 46.8. The number of H-pyrrole nitrogens is 1. The number of hydrogen-bond donors (Lipinski definition) is 1. The van der Waals surface area contributed by atoms with Gasteiger partial charge in [-0.2, -0.15) is 5.10 Å². The number of Topliss-reactive ketones (excluding diaryl/α,β-unsaturated/α-hetero) is 1. The molecule has 2 aromatic rings. The minimum Gasteiger partial charge on any atom is -0.462 e. The lowest BCUT2D eigenvalue weighted by atomic mass is 9.93. The smallest absolute Gasteiger partial charge is 0.357 e. The number of carbonyl (C=O) groups excluding carboxylic acids is 3. The molecule has 2 rings (SSSR count). The normalized spacial score (nSPS) is 12.7. The Hall–Kier alpha value is -3.56. The van der Waals surface area contributed by atoms with Crippen molar-refractivity contribution in [2.45, 2.75) is 33.8 Å². The second-order valence-corrected chi connectivity index (χ2v) is 6.31. The van der Waals surface area contributed by atoms with Crippen LogP contribution in [-0.4, -0.2) is 45.6 Å². The van der Waals surface area contributed by atoms with Crippen LogP contribution in [0.2, 0.25) is 0 Å². The molecule has 29 heavy (non-hydrogen) atoms. The topological polar surface area (TPSA) is 141 Å². The van der Waals surface area contributed by atoms with Crippen molar-refractivity contribution in [2.75, 3.05) is 6.61 Å². The van der Waals surface area contributed by atoms with Crippen molar-refractivity contribution >= 4 is 23.4 Å². The Morgan fingerprint density at radius 1 is 1.21 bits per heavy atom. The van der Waals surface area contributed by atoms with Crippen LogP contribution in [0, 0.1) is 16.0 Å². The maximum Gasteiger partial charge on any atom is 0.357 e. The summed E-state index contributed by atoms with van der Waals surface area (Å²) in [7, 11) is 0. The summed E-state index contributed by atoms with van der Waals surface area (Å²) in [5.74, 6) is -2.44.